The molecule has 0 aliphatic heterocycles. The highest BCUT2D eigenvalue weighted by molar-refractivity contribution is 9.10. The minimum atomic E-state index is -0.395. The Hall–Kier alpha value is -1.57. The summed E-state index contributed by atoms with van der Waals surface area (Å²) < 4.78 is 20.1. The zero-order chi connectivity index (χ0) is 14.5. The Morgan fingerprint density at radius 3 is 2.70 bits per heavy atom. The van der Waals surface area contributed by atoms with E-state index >= 15 is 0 Å². The molecule has 2 rings (SSSR count). The van der Waals surface area contributed by atoms with Crippen molar-refractivity contribution in [3.05, 3.63) is 63.4 Å². The average molecular weight is 355 g/mol. The second-order valence-corrected chi connectivity index (χ2v) is 5.28. The number of nitriles is 1. The number of halogens is 3. The minimum absolute atomic E-state index is 0.0485. The van der Waals surface area contributed by atoms with E-state index in [-0.39, 0.29) is 6.61 Å². The molecule has 0 N–H and O–H groups in total. The second-order valence-electron chi connectivity index (χ2n) is 4.09. The Labute approximate surface area is 129 Å². The van der Waals surface area contributed by atoms with Crippen LogP contribution in [0.2, 0.25) is 0 Å². The van der Waals surface area contributed by atoms with Gasteiger partial charge in [0, 0.05) is 15.6 Å². The van der Waals surface area contributed by atoms with Crippen molar-refractivity contribution in [1.82, 2.24) is 0 Å². The highest BCUT2D eigenvalue weighted by atomic mass is 79.9. The topological polar surface area (TPSA) is 33.0 Å². The van der Waals surface area contributed by atoms with Crippen LogP contribution in [0.4, 0.5) is 4.39 Å². The predicted molar refractivity (Wildman–Crippen MR) is 79.1 cm³/mol. The minimum Gasteiger partial charge on any atom is -0.488 e. The van der Waals surface area contributed by atoms with Crippen LogP contribution in [0.1, 0.15) is 16.7 Å². The SMILES string of the molecule is N#Cc1ccc(F)c(COc2ccc(Br)cc2CCl)c1. The summed E-state index contributed by atoms with van der Waals surface area (Å²) >= 11 is 9.20. The van der Waals surface area contributed by atoms with Gasteiger partial charge in [-0.3, -0.25) is 0 Å². The number of rotatable bonds is 4. The molecule has 0 spiro atoms. The van der Waals surface area contributed by atoms with Crippen molar-refractivity contribution in [1.29, 1.82) is 5.26 Å². The summed E-state index contributed by atoms with van der Waals surface area (Å²) in [5, 5.41) is 8.81. The first kappa shape index (κ1) is 14.8. The smallest absolute Gasteiger partial charge is 0.129 e. The number of hydrogen-bond donors (Lipinski definition) is 0. The van der Waals surface area contributed by atoms with E-state index in [1.54, 1.807) is 6.07 Å². The molecule has 0 atom stereocenters. The van der Waals surface area contributed by atoms with Crippen LogP contribution in [0.5, 0.6) is 5.75 Å². The lowest BCUT2D eigenvalue weighted by Gasteiger charge is -2.11. The molecular weight excluding hydrogens is 345 g/mol. The molecule has 20 heavy (non-hydrogen) atoms. The lowest BCUT2D eigenvalue weighted by atomic mass is 10.1. The molecule has 0 bridgehead atoms. The fraction of sp³-hybridized carbons (Fsp3) is 0.133. The van der Waals surface area contributed by atoms with E-state index in [1.807, 2.05) is 18.2 Å². The van der Waals surface area contributed by atoms with Gasteiger partial charge in [0.05, 0.1) is 17.5 Å². The van der Waals surface area contributed by atoms with E-state index in [9.17, 15) is 4.39 Å². The molecule has 5 heteroatoms. The van der Waals surface area contributed by atoms with Gasteiger partial charge in [0.15, 0.2) is 0 Å². The van der Waals surface area contributed by atoms with Gasteiger partial charge in [-0.15, -0.1) is 11.6 Å². The number of hydrogen-bond acceptors (Lipinski definition) is 2. The maximum absolute atomic E-state index is 13.6. The average Bonchev–Trinajstić information content (AvgIpc) is 2.47. The van der Waals surface area contributed by atoms with Crippen molar-refractivity contribution >= 4 is 27.5 Å². The number of benzene rings is 2. The molecule has 0 aliphatic rings. The van der Waals surface area contributed by atoms with Crippen molar-refractivity contribution < 1.29 is 9.13 Å². The van der Waals surface area contributed by atoms with Gasteiger partial charge in [0.25, 0.3) is 0 Å². The summed E-state index contributed by atoms with van der Waals surface area (Å²) in [7, 11) is 0. The Morgan fingerprint density at radius 2 is 2.00 bits per heavy atom. The Kier molecular flexibility index (Phi) is 4.99. The van der Waals surface area contributed by atoms with Gasteiger partial charge >= 0.3 is 0 Å². The second kappa shape index (κ2) is 6.74. The maximum atomic E-state index is 13.6. The Bertz CT molecular complexity index is 669. The van der Waals surface area contributed by atoms with E-state index in [0.717, 1.165) is 10.0 Å². The van der Waals surface area contributed by atoms with Crippen LogP contribution in [-0.2, 0) is 12.5 Å². The summed E-state index contributed by atoms with van der Waals surface area (Å²) in [4.78, 5) is 0. The lowest BCUT2D eigenvalue weighted by Crippen LogP contribution is -2.01. The summed E-state index contributed by atoms with van der Waals surface area (Å²) in [6.45, 7) is 0.0485. The third kappa shape index (κ3) is 3.50. The van der Waals surface area contributed by atoms with Gasteiger partial charge < -0.3 is 4.74 Å². The molecule has 102 valence electrons. The first-order chi connectivity index (χ1) is 9.63. The summed E-state index contributed by atoms with van der Waals surface area (Å²) in [6, 6.07) is 11.6. The first-order valence-corrected chi connectivity index (χ1v) is 7.12. The van der Waals surface area contributed by atoms with Crippen molar-refractivity contribution in [2.75, 3.05) is 0 Å². The fourth-order valence-electron chi connectivity index (χ4n) is 1.70. The zero-order valence-corrected chi connectivity index (χ0v) is 12.7. The van der Waals surface area contributed by atoms with Crippen LogP contribution in [0.15, 0.2) is 40.9 Å². The summed E-state index contributed by atoms with van der Waals surface area (Å²) in [5.74, 6) is 0.508. The van der Waals surface area contributed by atoms with Crippen molar-refractivity contribution in [3.8, 4) is 11.8 Å². The van der Waals surface area contributed by atoms with Gasteiger partial charge in [0.2, 0.25) is 0 Å². The van der Waals surface area contributed by atoms with Crippen LogP contribution in [0.25, 0.3) is 0 Å². The third-order valence-corrected chi connectivity index (χ3v) is 3.51. The van der Waals surface area contributed by atoms with Gasteiger partial charge in [-0.1, -0.05) is 15.9 Å². The molecule has 0 saturated heterocycles. The van der Waals surface area contributed by atoms with E-state index in [4.69, 9.17) is 21.6 Å². The van der Waals surface area contributed by atoms with Gasteiger partial charge in [0.1, 0.15) is 18.2 Å². The standard InChI is InChI=1S/C15H10BrClFNO/c16-13-2-4-15(11(6-13)7-17)20-9-12-5-10(8-19)1-3-14(12)18/h1-6H,7,9H2. The lowest BCUT2D eigenvalue weighted by molar-refractivity contribution is 0.297. The quantitative estimate of drug-likeness (QED) is 0.740. The summed E-state index contributed by atoms with van der Waals surface area (Å²) in [6.07, 6.45) is 0. The molecule has 0 unspecified atom stereocenters. The van der Waals surface area contributed by atoms with Crippen LogP contribution in [0.3, 0.4) is 0 Å². The van der Waals surface area contributed by atoms with Crippen LogP contribution in [0, 0.1) is 17.1 Å². The molecule has 2 aromatic rings. The monoisotopic (exact) mass is 353 g/mol. The van der Waals surface area contributed by atoms with Crippen molar-refractivity contribution in [3.63, 3.8) is 0 Å². The Morgan fingerprint density at radius 1 is 1.20 bits per heavy atom. The molecule has 0 fully saturated rings. The largest absolute Gasteiger partial charge is 0.488 e. The van der Waals surface area contributed by atoms with Crippen LogP contribution < -0.4 is 4.74 Å². The van der Waals surface area contributed by atoms with Crippen molar-refractivity contribution in [2.45, 2.75) is 12.5 Å². The Balaban J connectivity index is 2.19. The third-order valence-electron chi connectivity index (χ3n) is 2.72. The van der Waals surface area contributed by atoms with E-state index in [2.05, 4.69) is 15.9 Å². The number of nitrogens with zero attached hydrogens (tertiary/aromatic N) is 1. The molecule has 0 heterocycles. The number of alkyl halides is 1. The number of ether oxygens (including phenoxy) is 1. The van der Waals surface area contributed by atoms with E-state index in [0.29, 0.717) is 22.8 Å². The molecular formula is C15H10BrClFNO. The van der Waals surface area contributed by atoms with Gasteiger partial charge in [-0.05, 0) is 36.4 Å². The first-order valence-electron chi connectivity index (χ1n) is 5.79. The predicted octanol–water partition coefficient (Wildman–Crippen LogP) is 4.78. The zero-order valence-electron chi connectivity index (χ0n) is 10.4. The maximum Gasteiger partial charge on any atom is 0.129 e. The molecule has 0 aromatic heterocycles. The fourth-order valence-corrected chi connectivity index (χ4v) is 2.32. The normalized spacial score (nSPS) is 10.1. The molecule has 2 aromatic carbocycles. The van der Waals surface area contributed by atoms with E-state index < -0.39 is 5.82 Å². The van der Waals surface area contributed by atoms with E-state index in [1.165, 1.54) is 18.2 Å². The summed E-state index contributed by atoms with van der Waals surface area (Å²) in [5.41, 5.74) is 1.56. The van der Waals surface area contributed by atoms with Crippen LogP contribution in [-0.4, -0.2) is 0 Å². The van der Waals surface area contributed by atoms with Gasteiger partial charge in [-0.2, -0.15) is 5.26 Å². The molecule has 2 nitrogen and oxygen atoms in total. The van der Waals surface area contributed by atoms with Crippen molar-refractivity contribution in [2.24, 2.45) is 0 Å². The highest BCUT2D eigenvalue weighted by Gasteiger charge is 2.08. The van der Waals surface area contributed by atoms with Gasteiger partial charge in [-0.25, -0.2) is 4.39 Å². The molecule has 0 saturated carbocycles. The molecule has 0 aliphatic carbocycles. The highest BCUT2D eigenvalue weighted by Crippen LogP contribution is 2.26. The molecule has 0 amide bonds. The molecule has 0 radical (unpaired) electrons. The van der Waals surface area contributed by atoms with Crippen LogP contribution >= 0.6 is 27.5 Å².